The van der Waals surface area contributed by atoms with E-state index in [9.17, 15) is 4.79 Å². The van der Waals surface area contributed by atoms with Crippen LogP contribution in [0.15, 0.2) is 54.3 Å². The first-order valence-electron chi connectivity index (χ1n) is 7.35. The second-order valence-corrected chi connectivity index (χ2v) is 5.21. The van der Waals surface area contributed by atoms with Crippen LogP contribution in [0.1, 0.15) is 18.9 Å². The Balaban J connectivity index is 2.04. The minimum Gasteiger partial charge on any atom is -0.449 e. The van der Waals surface area contributed by atoms with Crippen LogP contribution in [-0.4, -0.2) is 12.5 Å². The fourth-order valence-electron chi connectivity index (χ4n) is 2.48. The van der Waals surface area contributed by atoms with Gasteiger partial charge in [0.05, 0.1) is 5.69 Å². The summed E-state index contributed by atoms with van der Waals surface area (Å²) in [6.45, 7) is 2.69. The lowest BCUT2D eigenvalue weighted by atomic mass is 10.1. The van der Waals surface area contributed by atoms with Crippen molar-refractivity contribution in [1.82, 2.24) is 0 Å². The lowest BCUT2D eigenvalue weighted by Gasteiger charge is -2.30. The molecule has 2 N–H and O–H groups in total. The molecule has 0 aromatic heterocycles. The first-order valence-corrected chi connectivity index (χ1v) is 7.35. The van der Waals surface area contributed by atoms with Gasteiger partial charge in [-0.15, -0.1) is 0 Å². The molecule has 4 heteroatoms. The number of ether oxygens (including phenoxy) is 1. The smallest absolute Gasteiger partial charge is 0.294 e. The van der Waals surface area contributed by atoms with Crippen LogP contribution in [0.25, 0.3) is 6.08 Å². The highest BCUT2D eigenvalue weighted by atomic mass is 16.5. The zero-order valence-corrected chi connectivity index (χ0v) is 12.5. The molecule has 0 unspecified atom stereocenters. The van der Waals surface area contributed by atoms with Crippen molar-refractivity contribution in [3.63, 3.8) is 0 Å². The van der Waals surface area contributed by atoms with Crippen molar-refractivity contribution in [1.29, 1.82) is 0 Å². The van der Waals surface area contributed by atoms with Crippen LogP contribution in [-0.2, 0) is 4.79 Å². The number of nitrogens with two attached hydrogens (primary N) is 1. The van der Waals surface area contributed by atoms with Crippen molar-refractivity contribution < 1.29 is 9.53 Å². The van der Waals surface area contributed by atoms with Gasteiger partial charge in [-0.3, -0.25) is 4.79 Å². The molecular formula is C18H18N2O2. The molecule has 2 aromatic rings. The van der Waals surface area contributed by atoms with Gasteiger partial charge >= 0.3 is 0 Å². The molecule has 0 spiro atoms. The normalized spacial score (nSPS) is 15.6. The van der Waals surface area contributed by atoms with Crippen molar-refractivity contribution in [3.8, 4) is 5.75 Å². The largest absolute Gasteiger partial charge is 0.449 e. The van der Waals surface area contributed by atoms with Crippen LogP contribution >= 0.6 is 0 Å². The predicted molar refractivity (Wildman–Crippen MR) is 88.5 cm³/mol. The summed E-state index contributed by atoms with van der Waals surface area (Å²) in [6.07, 6.45) is 2.63. The molecule has 3 rings (SSSR count). The molecule has 22 heavy (non-hydrogen) atoms. The third kappa shape index (κ3) is 2.68. The van der Waals surface area contributed by atoms with Crippen LogP contribution in [0, 0.1) is 0 Å². The molecule has 1 amide bonds. The lowest BCUT2D eigenvalue weighted by Crippen LogP contribution is -2.37. The van der Waals surface area contributed by atoms with Gasteiger partial charge in [0.25, 0.3) is 5.91 Å². The van der Waals surface area contributed by atoms with E-state index in [1.807, 2.05) is 43.3 Å². The van der Waals surface area contributed by atoms with Gasteiger partial charge in [0.15, 0.2) is 11.5 Å². The Morgan fingerprint density at radius 1 is 1.18 bits per heavy atom. The first kappa shape index (κ1) is 14.2. The molecule has 0 saturated heterocycles. The second-order valence-electron chi connectivity index (χ2n) is 5.21. The van der Waals surface area contributed by atoms with Crippen molar-refractivity contribution in [2.75, 3.05) is 17.2 Å². The second kappa shape index (κ2) is 5.93. The van der Waals surface area contributed by atoms with Gasteiger partial charge in [-0.1, -0.05) is 37.3 Å². The number of fused-ring (bicyclic) bond motifs is 1. The van der Waals surface area contributed by atoms with Crippen LogP contribution < -0.4 is 15.4 Å². The van der Waals surface area contributed by atoms with Gasteiger partial charge in [0.1, 0.15) is 0 Å². The Kier molecular flexibility index (Phi) is 3.83. The van der Waals surface area contributed by atoms with Crippen LogP contribution in [0.5, 0.6) is 5.75 Å². The molecular weight excluding hydrogens is 276 g/mol. The van der Waals surface area contributed by atoms with E-state index in [-0.39, 0.29) is 5.91 Å². The Labute approximate surface area is 129 Å². The van der Waals surface area contributed by atoms with Gasteiger partial charge in [0.2, 0.25) is 0 Å². The molecule has 2 aromatic carbocycles. The van der Waals surface area contributed by atoms with Gasteiger partial charge in [-0.25, -0.2) is 0 Å². The fourth-order valence-corrected chi connectivity index (χ4v) is 2.48. The van der Waals surface area contributed by atoms with Crippen LogP contribution in [0.3, 0.4) is 0 Å². The van der Waals surface area contributed by atoms with Gasteiger partial charge in [-0.2, -0.15) is 0 Å². The van der Waals surface area contributed by atoms with E-state index in [0.717, 1.165) is 17.7 Å². The summed E-state index contributed by atoms with van der Waals surface area (Å²) in [7, 11) is 0. The van der Waals surface area contributed by atoms with Crippen LogP contribution in [0.2, 0.25) is 0 Å². The maximum Gasteiger partial charge on any atom is 0.294 e. The zero-order chi connectivity index (χ0) is 15.5. The average Bonchev–Trinajstić information content (AvgIpc) is 2.52. The van der Waals surface area contributed by atoms with E-state index >= 15 is 0 Å². The maximum absolute atomic E-state index is 12.7. The highest BCUT2D eigenvalue weighted by molar-refractivity contribution is 6.10. The highest BCUT2D eigenvalue weighted by Crippen LogP contribution is 2.37. The molecule has 0 bridgehead atoms. The Morgan fingerprint density at radius 2 is 1.95 bits per heavy atom. The molecule has 1 aliphatic heterocycles. The van der Waals surface area contributed by atoms with Crippen LogP contribution in [0.4, 0.5) is 11.4 Å². The van der Waals surface area contributed by atoms with Crippen molar-refractivity contribution >= 4 is 23.4 Å². The highest BCUT2D eigenvalue weighted by Gasteiger charge is 2.29. The number of carbonyl (C=O) groups excluding carboxylic acids is 1. The summed E-state index contributed by atoms with van der Waals surface area (Å²) < 4.78 is 5.80. The molecule has 1 heterocycles. The average molecular weight is 294 g/mol. The molecule has 0 atom stereocenters. The van der Waals surface area contributed by atoms with Gasteiger partial charge < -0.3 is 15.4 Å². The predicted octanol–water partition coefficient (Wildman–Crippen LogP) is 3.45. The number of nitrogens with zero attached hydrogens (tertiary/aromatic N) is 1. The maximum atomic E-state index is 12.7. The quantitative estimate of drug-likeness (QED) is 0.697. The summed E-state index contributed by atoms with van der Waals surface area (Å²) >= 11 is 0. The molecule has 1 aliphatic rings. The summed E-state index contributed by atoms with van der Waals surface area (Å²) in [5.74, 6) is 0.816. The summed E-state index contributed by atoms with van der Waals surface area (Å²) in [5.41, 5.74) is 8.14. The minimum absolute atomic E-state index is 0.122. The molecule has 4 nitrogen and oxygen atoms in total. The topological polar surface area (TPSA) is 55.6 Å². The van der Waals surface area contributed by atoms with Gasteiger partial charge in [0, 0.05) is 18.3 Å². The summed E-state index contributed by atoms with van der Waals surface area (Å²) in [5, 5.41) is 0. The number of nitrogen functional groups attached to an aromatic ring is 1. The monoisotopic (exact) mass is 294 g/mol. The van der Waals surface area contributed by atoms with E-state index < -0.39 is 0 Å². The Morgan fingerprint density at radius 3 is 2.68 bits per heavy atom. The summed E-state index contributed by atoms with van der Waals surface area (Å²) in [6, 6.07) is 15.0. The van der Waals surface area contributed by atoms with Crippen molar-refractivity contribution in [2.45, 2.75) is 13.3 Å². The van der Waals surface area contributed by atoms with E-state index in [4.69, 9.17) is 10.5 Å². The van der Waals surface area contributed by atoms with E-state index in [2.05, 4.69) is 0 Å². The first-order chi connectivity index (χ1) is 10.7. The number of carbonyl (C=O) groups is 1. The Bertz CT molecular complexity index is 723. The molecule has 0 aliphatic carbocycles. The van der Waals surface area contributed by atoms with Gasteiger partial charge in [-0.05, 0) is 30.2 Å². The lowest BCUT2D eigenvalue weighted by molar-refractivity contribution is -0.117. The minimum atomic E-state index is -0.122. The number of rotatable bonds is 3. The fraction of sp³-hybridized carbons (Fsp3) is 0.167. The number of hydrogen-bond donors (Lipinski definition) is 1. The third-order valence-electron chi connectivity index (χ3n) is 3.50. The number of hydrogen-bond acceptors (Lipinski definition) is 3. The Hall–Kier alpha value is -2.75. The van der Waals surface area contributed by atoms with E-state index in [0.29, 0.717) is 23.7 Å². The molecule has 0 fully saturated rings. The standard InChI is InChI=1S/C18H18N2O2/c1-2-10-20-15-9-8-14(19)12-16(15)22-17(18(20)21)11-13-6-4-3-5-7-13/h3-9,11-12H,2,10,19H2,1H3/b17-11+. The van der Waals surface area contributed by atoms with Crippen molar-refractivity contribution in [3.05, 3.63) is 59.9 Å². The van der Waals surface area contributed by atoms with E-state index in [1.165, 1.54) is 0 Å². The summed E-state index contributed by atoms with van der Waals surface area (Å²) in [4.78, 5) is 14.4. The third-order valence-corrected chi connectivity index (χ3v) is 3.50. The van der Waals surface area contributed by atoms with Crippen molar-refractivity contribution in [2.24, 2.45) is 0 Å². The molecule has 0 saturated carbocycles. The zero-order valence-electron chi connectivity index (χ0n) is 12.5. The number of benzene rings is 2. The number of amides is 1. The SMILES string of the molecule is CCCN1C(=O)/C(=C\c2ccccc2)Oc2cc(N)ccc21. The molecule has 0 radical (unpaired) electrons. The molecule has 112 valence electrons. The van der Waals surface area contributed by atoms with E-state index in [1.54, 1.807) is 23.1 Å². The number of anilines is 2.